The molecule has 0 amide bonds. The Labute approximate surface area is 170 Å². The van der Waals surface area contributed by atoms with Gasteiger partial charge < -0.3 is 19.5 Å². The monoisotopic (exact) mass is 388 g/mol. The standard InChI is InChI=1S/C24H24N2O3/c1-15-8-9-21(27)19(11-15)20-12-17(13-23(25-20)26-10-4-5-16(26)2)18-6-3-7-22-24(18)29-14-28-22/h3,6-9,11-13,16,27H,4-5,10,14H2,1-2H3. The molecule has 5 nitrogen and oxygen atoms in total. The zero-order valence-corrected chi connectivity index (χ0v) is 16.7. The summed E-state index contributed by atoms with van der Waals surface area (Å²) < 4.78 is 11.3. The molecule has 2 aromatic carbocycles. The van der Waals surface area contributed by atoms with Crippen LogP contribution in [0.4, 0.5) is 5.82 Å². The molecule has 2 aliphatic rings. The average molecular weight is 388 g/mol. The number of fused-ring (bicyclic) bond motifs is 1. The third-order valence-corrected chi connectivity index (χ3v) is 5.79. The lowest BCUT2D eigenvalue weighted by molar-refractivity contribution is 0.174. The minimum Gasteiger partial charge on any atom is -0.507 e. The molecule has 0 aliphatic carbocycles. The van der Waals surface area contributed by atoms with E-state index in [2.05, 4.69) is 17.9 Å². The molecule has 5 heteroatoms. The van der Waals surface area contributed by atoms with Gasteiger partial charge in [0, 0.05) is 23.7 Å². The fourth-order valence-corrected chi connectivity index (χ4v) is 4.24. The largest absolute Gasteiger partial charge is 0.507 e. The van der Waals surface area contributed by atoms with Gasteiger partial charge in [0.2, 0.25) is 6.79 Å². The summed E-state index contributed by atoms with van der Waals surface area (Å²) in [6, 6.07) is 16.1. The molecule has 3 heterocycles. The van der Waals surface area contributed by atoms with Crippen LogP contribution >= 0.6 is 0 Å². The van der Waals surface area contributed by atoms with Crippen LogP contribution in [0.1, 0.15) is 25.3 Å². The first kappa shape index (κ1) is 17.9. The van der Waals surface area contributed by atoms with Crippen molar-refractivity contribution in [2.24, 2.45) is 0 Å². The molecule has 1 N–H and O–H groups in total. The molecule has 1 saturated heterocycles. The number of rotatable bonds is 3. The van der Waals surface area contributed by atoms with Gasteiger partial charge in [0.25, 0.3) is 0 Å². The first-order valence-electron chi connectivity index (χ1n) is 10.1. The summed E-state index contributed by atoms with van der Waals surface area (Å²) in [4.78, 5) is 7.30. The molecule has 0 saturated carbocycles. The Hall–Kier alpha value is -3.21. The summed E-state index contributed by atoms with van der Waals surface area (Å²) in [5, 5.41) is 10.5. The number of nitrogens with zero attached hydrogens (tertiary/aromatic N) is 2. The second-order valence-corrected chi connectivity index (χ2v) is 7.84. The third kappa shape index (κ3) is 3.16. The number of pyridine rings is 1. The van der Waals surface area contributed by atoms with Gasteiger partial charge >= 0.3 is 0 Å². The third-order valence-electron chi connectivity index (χ3n) is 5.79. The van der Waals surface area contributed by atoms with E-state index >= 15 is 0 Å². The second kappa shape index (κ2) is 6.99. The van der Waals surface area contributed by atoms with E-state index in [4.69, 9.17) is 14.5 Å². The molecule has 0 radical (unpaired) electrons. The van der Waals surface area contributed by atoms with Gasteiger partial charge in [-0.05, 0) is 62.6 Å². The van der Waals surface area contributed by atoms with E-state index in [0.717, 1.165) is 64.7 Å². The maximum absolute atomic E-state index is 10.5. The summed E-state index contributed by atoms with van der Waals surface area (Å²) in [5.41, 5.74) is 4.56. The number of aromatic hydroxyl groups is 1. The number of phenolic OH excluding ortho intramolecular Hbond substituents is 1. The van der Waals surface area contributed by atoms with Gasteiger partial charge in [-0.2, -0.15) is 0 Å². The van der Waals surface area contributed by atoms with E-state index in [0.29, 0.717) is 6.04 Å². The molecule has 0 spiro atoms. The number of aromatic nitrogens is 1. The average Bonchev–Trinajstić information content (AvgIpc) is 3.38. The van der Waals surface area contributed by atoms with Crippen molar-refractivity contribution in [3.8, 4) is 39.6 Å². The molecular weight excluding hydrogens is 364 g/mol. The van der Waals surface area contributed by atoms with Gasteiger partial charge in [0.05, 0.1) is 5.69 Å². The molecule has 2 aliphatic heterocycles. The van der Waals surface area contributed by atoms with Crippen molar-refractivity contribution in [3.05, 3.63) is 54.1 Å². The van der Waals surface area contributed by atoms with Gasteiger partial charge in [0.15, 0.2) is 11.5 Å². The first-order valence-corrected chi connectivity index (χ1v) is 10.1. The van der Waals surface area contributed by atoms with Crippen molar-refractivity contribution in [1.82, 2.24) is 4.98 Å². The lowest BCUT2D eigenvalue weighted by Crippen LogP contribution is -2.27. The van der Waals surface area contributed by atoms with Gasteiger partial charge in [-0.3, -0.25) is 0 Å². The molecule has 1 unspecified atom stereocenters. The van der Waals surface area contributed by atoms with Crippen molar-refractivity contribution in [2.75, 3.05) is 18.2 Å². The van der Waals surface area contributed by atoms with Crippen LogP contribution in [0.25, 0.3) is 22.4 Å². The molecule has 148 valence electrons. The van der Waals surface area contributed by atoms with Crippen LogP contribution in [0, 0.1) is 6.92 Å². The van der Waals surface area contributed by atoms with Crippen LogP contribution in [-0.4, -0.2) is 29.5 Å². The number of hydrogen-bond acceptors (Lipinski definition) is 5. The molecule has 3 aromatic rings. The predicted octanol–water partition coefficient (Wildman–Crippen LogP) is 5.15. The molecular formula is C24H24N2O3. The van der Waals surface area contributed by atoms with E-state index in [-0.39, 0.29) is 12.5 Å². The highest BCUT2D eigenvalue weighted by Gasteiger charge is 2.25. The molecule has 1 atom stereocenters. The Morgan fingerprint density at radius 3 is 2.79 bits per heavy atom. The van der Waals surface area contributed by atoms with Crippen molar-refractivity contribution in [1.29, 1.82) is 0 Å². The highest BCUT2D eigenvalue weighted by atomic mass is 16.7. The van der Waals surface area contributed by atoms with Gasteiger partial charge in [-0.15, -0.1) is 0 Å². The number of benzene rings is 2. The Kier molecular flexibility index (Phi) is 4.31. The normalized spacial score (nSPS) is 17.7. The number of aryl methyl sites for hydroxylation is 1. The minimum absolute atomic E-state index is 0.235. The minimum atomic E-state index is 0.235. The summed E-state index contributed by atoms with van der Waals surface area (Å²) in [5.74, 6) is 2.69. The SMILES string of the molecule is Cc1ccc(O)c(-c2cc(-c3cccc4c3OCO4)cc(N3CCCC3C)n2)c1. The van der Waals surface area contributed by atoms with Crippen molar-refractivity contribution in [3.63, 3.8) is 0 Å². The van der Waals surface area contributed by atoms with E-state index in [1.165, 1.54) is 0 Å². The lowest BCUT2D eigenvalue weighted by atomic mass is 10.0. The Morgan fingerprint density at radius 2 is 1.97 bits per heavy atom. The van der Waals surface area contributed by atoms with Crippen molar-refractivity contribution in [2.45, 2.75) is 32.7 Å². The van der Waals surface area contributed by atoms with Crippen LogP contribution in [0.5, 0.6) is 17.2 Å². The number of ether oxygens (including phenoxy) is 2. The summed E-state index contributed by atoms with van der Waals surface area (Å²) in [7, 11) is 0. The van der Waals surface area contributed by atoms with Crippen molar-refractivity contribution < 1.29 is 14.6 Å². The highest BCUT2D eigenvalue weighted by molar-refractivity contribution is 5.81. The fourth-order valence-electron chi connectivity index (χ4n) is 4.24. The van der Waals surface area contributed by atoms with E-state index in [1.807, 2.05) is 43.3 Å². The van der Waals surface area contributed by atoms with Crippen LogP contribution in [0.2, 0.25) is 0 Å². The lowest BCUT2D eigenvalue weighted by Gasteiger charge is -2.24. The van der Waals surface area contributed by atoms with Crippen LogP contribution < -0.4 is 14.4 Å². The second-order valence-electron chi connectivity index (χ2n) is 7.84. The van der Waals surface area contributed by atoms with Crippen LogP contribution in [-0.2, 0) is 0 Å². The van der Waals surface area contributed by atoms with Gasteiger partial charge in [0.1, 0.15) is 11.6 Å². The molecule has 29 heavy (non-hydrogen) atoms. The van der Waals surface area contributed by atoms with E-state index < -0.39 is 0 Å². The zero-order valence-electron chi connectivity index (χ0n) is 16.7. The summed E-state index contributed by atoms with van der Waals surface area (Å²) >= 11 is 0. The topological polar surface area (TPSA) is 54.8 Å². The van der Waals surface area contributed by atoms with E-state index in [1.54, 1.807) is 6.07 Å². The number of anilines is 1. The van der Waals surface area contributed by atoms with Crippen LogP contribution in [0.3, 0.4) is 0 Å². The number of para-hydroxylation sites is 1. The number of phenols is 1. The van der Waals surface area contributed by atoms with Gasteiger partial charge in [-0.1, -0.05) is 23.8 Å². The smallest absolute Gasteiger partial charge is 0.231 e. The fraction of sp³-hybridized carbons (Fsp3) is 0.292. The maximum atomic E-state index is 10.5. The first-order chi connectivity index (χ1) is 14.1. The molecule has 1 aromatic heterocycles. The Balaban J connectivity index is 1.71. The van der Waals surface area contributed by atoms with Crippen LogP contribution in [0.15, 0.2) is 48.5 Å². The quantitative estimate of drug-likeness (QED) is 0.673. The Morgan fingerprint density at radius 1 is 1.07 bits per heavy atom. The van der Waals surface area contributed by atoms with E-state index in [9.17, 15) is 5.11 Å². The zero-order chi connectivity index (χ0) is 20.0. The maximum Gasteiger partial charge on any atom is 0.231 e. The summed E-state index contributed by atoms with van der Waals surface area (Å²) in [6.45, 7) is 5.48. The molecule has 0 bridgehead atoms. The Bertz CT molecular complexity index is 1080. The summed E-state index contributed by atoms with van der Waals surface area (Å²) in [6.07, 6.45) is 2.32. The number of hydrogen-bond donors (Lipinski definition) is 1. The predicted molar refractivity (Wildman–Crippen MR) is 114 cm³/mol. The van der Waals surface area contributed by atoms with Crippen molar-refractivity contribution >= 4 is 5.82 Å². The highest BCUT2D eigenvalue weighted by Crippen LogP contribution is 2.43. The molecule has 1 fully saturated rings. The molecule has 5 rings (SSSR count). The van der Waals surface area contributed by atoms with Gasteiger partial charge in [-0.25, -0.2) is 4.98 Å².